The molecular formula is C12H16ClNOS2. The monoisotopic (exact) mass is 289 g/mol. The van der Waals surface area contributed by atoms with Gasteiger partial charge in [-0.2, -0.15) is 11.3 Å². The van der Waals surface area contributed by atoms with Crippen LogP contribution < -0.4 is 5.32 Å². The second kappa shape index (κ2) is 7.13. The Kier molecular flexibility index (Phi) is 6.16. The number of aryl methyl sites for hydroxylation is 1. The van der Waals surface area contributed by atoms with Crippen molar-refractivity contribution in [2.24, 2.45) is 0 Å². The summed E-state index contributed by atoms with van der Waals surface area (Å²) in [7, 11) is 0. The standard InChI is InChI=1S/C12H15NOS2.ClH/c1-9-2-5-16-12(9)11(7-14)13-6-10-3-4-15-8-10;/h2-5,8,11,13-14H,6-7H2,1H3;1H. The highest BCUT2D eigenvalue weighted by molar-refractivity contribution is 7.10. The number of hydrogen-bond donors (Lipinski definition) is 2. The summed E-state index contributed by atoms with van der Waals surface area (Å²) in [4.78, 5) is 1.23. The van der Waals surface area contributed by atoms with Crippen molar-refractivity contribution in [3.8, 4) is 0 Å². The Hall–Kier alpha value is -0.390. The van der Waals surface area contributed by atoms with E-state index < -0.39 is 0 Å². The first-order valence-electron chi connectivity index (χ1n) is 5.20. The molecule has 0 spiro atoms. The van der Waals surface area contributed by atoms with Gasteiger partial charge in [0.15, 0.2) is 0 Å². The van der Waals surface area contributed by atoms with Gasteiger partial charge in [-0.05, 0) is 46.3 Å². The smallest absolute Gasteiger partial charge is 0.0655 e. The molecule has 0 aliphatic carbocycles. The third-order valence-electron chi connectivity index (χ3n) is 2.53. The zero-order valence-electron chi connectivity index (χ0n) is 9.55. The third kappa shape index (κ3) is 3.79. The molecule has 0 amide bonds. The van der Waals surface area contributed by atoms with Gasteiger partial charge in [0.1, 0.15) is 0 Å². The maximum atomic E-state index is 9.40. The topological polar surface area (TPSA) is 32.3 Å². The summed E-state index contributed by atoms with van der Waals surface area (Å²) in [6.45, 7) is 3.04. The van der Waals surface area contributed by atoms with E-state index in [0.29, 0.717) is 0 Å². The highest BCUT2D eigenvalue weighted by Crippen LogP contribution is 2.23. The van der Waals surface area contributed by atoms with Crippen molar-refractivity contribution < 1.29 is 5.11 Å². The number of nitrogens with one attached hydrogen (secondary N) is 1. The van der Waals surface area contributed by atoms with Gasteiger partial charge < -0.3 is 10.4 Å². The molecule has 0 saturated heterocycles. The Morgan fingerprint density at radius 3 is 2.71 bits per heavy atom. The van der Waals surface area contributed by atoms with Crippen LogP contribution in [0.25, 0.3) is 0 Å². The van der Waals surface area contributed by atoms with Crippen molar-refractivity contribution in [3.05, 3.63) is 44.3 Å². The van der Waals surface area contributed by atoms with Gasteiger partial charge in [0.2, 0.25) is 0 Å². The van der Waals surface area contributed by atoms with Crippen LogP contribution in [0, 0.1) is 6.92 Å². The lowest BCUT2D eigenvalue weighted by Gasteiger charge is -2.15. The lowest BCUT2D eigenvalue weighted by molar-refractivity contribution is 0.245. The molecule has 94 valence electrons. The van der Waals surface area contributed by atoms with E-state index in [4.69, 9.17) is 0 Å². The highest BCUT2D eigenvalue weighted by atomic mass is 35.5. The van der Waals surface area contributed by atoms with Gasteiger partial charge >= 0.3 is 0 Å². The summed E-state index contributed by atoms with van der Waals surface area (Å²) in [6, 6.07) is 4.25. The van der Waals surface area contributed by atoms with E-state index in [1.807, 2.05) is 0 Å². The Balaban J connectivity index is 0.00000144. The van der Waals surface area contributed by atoms with Gasteiger partial charge in [-0.3, -0.25) is 0 Å². The van der Waals surface area contributed by atoms with Gasteiger partial charge in [0.05, 0.1) is 12.6 Å². The van der Waals surface area contributed by atoms with Crippen LogP contribution in [0.5, 0.6) is 0 Å². The van der Waals surface area contributed by atoms with Gasteiger partial charge in [0.25, 0.3) is 0 Å². The molecule has 2 aromatic heterocycles. The SMILES string of the molecule is Cc1ccsc1C(CO)NCc1ccsc1.Cl. The van der Waals surface area contributed by atoms with Crippen molar-refractivity contribution in [2.45, 2.75) is 19.5 Å². The van der Waals surface area contributed by atoms with Gasteiger partial charge in [0, 0.05) is 11.4 Å². The largest absolute Gasteiger partial charge is 0.394 e. The minimum atomic E-state index is 0. The third-order valence-corrected chi connectivity index (χ3v) is 4.40. The van der Waals surface area contributed by atoms with Crippen LogP contribution in [0.3, 0.4) is 0 Å². The number of thiophene rings is 2. The molecule has 0 aliphatic heterocycles. The Bertz CT molecular complexity index is 427. The quantitative estimate of drug-likeness (QED) is 0.885. The maximum Gasteiger partial charge on any atom is 0.0655 e. The molecule has 2 aromatic rings. The fourth-order valence-corrected chi connectivity index (χ4v) is 3.28. The van der Waals surface area contributed by atoms with Crippen LogP contribution in [-0.2, 0) is 6.54 Å². The molecule has 2 rings (SSSR count). The van der Waals surface area contributed by atoms with Crippen LogP contribution in [0.2, 0.25) is 0 Å². The van der Waals surface area contributed by atoms with Crippen molar-refractivity contribution in [2.75, 3.05) is 6.61 Å². The number of aliphatic hydroxyl groups is 1. The molecule has 17 heavy (non-hydrogen) atoms. The fraction of sp³-hybridized carbons (Fsp3) is 0.333. The number of hydrogen-bond acceptors (Lipinski definition) is 4. The average molecular weight is 290 g/mol. The zero-order valence-corrected chi connectivity index (χ0v) is 12.0. The molecule has 0 fully saturated rings. The fourth-order valence-electron chi connectivity index (χ4n) is 1.62. The van der Waals surface area contributed by atoms with E-state index >= 15 is 0 Å². The average Bonchev–Trinajstić information content (AvgIpc) is 2.92. The summed E-state index contributed by atoms with van der Waals surface area (Å²) < 4.78 is 0. The lowest BCUT2D eigenvalue weighted by Crippen LogP contribution is -2.23. The summed E-state index contributed by atoms with van der Waals surface area (Å²) in [6.07, 6.45) is 0. The van der Waals surface area contributed by atoms with Crippen LogP contribution in [0.1, 0.15) is 22.0 Å². The molecule has 2 nitrogen and oxygen atoms in total. The first-order chi connectivity index (χ1) is 7.81. The molecule has 0 aromatic carbocycles. The number of aliphatic hydroxyl groups excluding tert-OH is 1. The predicted molar refractivity (Wildman–Crippen MR) is 77.3 cm³/mol. The predicted octanol–water partition coefficient (Wildman–Crippen LogP) is 3.36. The van der Waals surface area contributed by atoms with Crippen molar-refractivity contribution in [1.29, 1.82) is 0 Å². The Morgan fingerprint density at radius 2 is 2.18 bits per heavy atom. The molecule has 1 unspecified atom stereocenters. The van der Waals surface area contributed by atoms with E-state index in [-0.39, 0.29) is 25.1 Å². The van der Waals surface area contributed by atoms with Gasteiger partial charge in [-0.25, -0.2) is 0 Å². The number of halogens is 1. The maximum absolute atomic E-state index is 9.40. The molecule has 2 heterocycles. The normalized spacial score (nSPS) is 12.1. The first-order valence-corrected chi connectivity index (χ1v) is 7.03. The second-order valence-electron chi connectivity index (χ2n) is 3.72. The molecule has 1 atom stereocenters. The second-order valence-corrected chi connectivity index (χ2v) is 5.44. The minimum Gasteiger partial charge on any atom is -0.394 e. The van der Waals surface area contributed by atoms with Crippen molar-refractivity contribution in [3.63, 3.8) is 0 Å². The van der Waals surface area contributed by atoms with Crippen LogP contribution in [0.4, 0.5) is 0 Å². The molecular weight excluding hydrogens is 274 g/mol. The summed E-state index contributed by atoms with van der Waals surface area (Å²) in [5.74, 6) is 0. The van der Waals surface area contributed by atoms with E-state index in [1.165, 1.54) is 16.0 Å². The van der Waals surface area contributed by atoms with Gasteiger partial charge in [-0.15, -0.1) is 23.7 Å². The lowest BCUT2D eigenvalue weighted by atomic mass is 10.1. The molecule has 2 N–H and O–H groups in total. The van der Waals surface area contributed by atoms with E-state index in [0.717, 1.165) is 6.54 Å². The molecule has 0 aliphatic rings. The first kappa shape index (κ1) is 14.7. The number of rotatable bonds is 5. The molecule has 5 heteroatoms. The van der Waals surface area contributed by atoms with Gasteiger partial charge in [-0.1, -0.05) is 0 Å². The van der Waals surface area contributed by atoms with Crippen LogP contribution in [-0.4, -0.2) is 11.7 Å². The molecule has 0 radical (unpaired) electrons. The highest BCUT2D eigenvalue weighted by Gasteiger charge is 2.13. The van der Waals surface area contributed by atoms with Crippen LogP contribution >= 0.6 is 35.1 Å². The molecule has 0 bridgehead atoms. The summed E-state index contributed by atoms with van der Waals surface area (Å²) in [5, 5.41) is 19.0. The van der Waals surface area contributed by atoms with E-state index in [2.05, 4.69) is 40.5 Å². The Morgan fingerprint density at radius 1 is 1.35 bits per heavy atom. The van der Waals surface area contributed by atoms with E-state index in [9.17, 15) is 5.11 Å². The summed E-state index contributed by atoms with van der Waals surface area (Å²) >= 11 is 3.40. The van der Waals surface area contributed by atoms with Crippen molar-refractivity contribution in [1.82, 2.24) is 5.32 Å². The van der Waals surface area contributed by atoms with Crippen molar-refractivity contribution >= 4 is 35.1 Å². The van der Waals surface area contributed by atoms with Crippen LogP contribution in [0.15, 0.2) is 28.3 Å². The summed E-state index contributed by atoms with van der Waals surface area (Å²) in [5.41, 5.74) is 2.53. The molecule has 0 saturated carbocycles. The van der Waals surface area contributed by atoms with E-state index in [1.54, 1.807) is 22.7 Å². The minimum absolute atomic E-state index is 0. The zero-order chi connectivity index (χ0) is 11.4. The Labute approximate surface area is 116 Å².